The first-order chi connectivity index (χ1) is 14.6. The summed E-state index contributed by atoms with van der Waals surface area (Å²) in [7, 11) is -3.98. The number of fused-ring (bicyclic) bond motifs is 2. The molecule has 0 aliphatic carbocycles. The van der Waals surface area contributed by atoms with Crippen LogP contribution in [0.3, 0.4) is 0 Å². The van der Waals surface area contributed by atoms with Crippen LogP contribution in [0.1, 0.15) is 32.7 Å². The van der Waals surface area contributed by atoms with Gasteiger partial charge in [-0.25, -0.2) is 8.42 Å². The predicted octanol–water partition coefficient (Wildman–Crippen LogP) is 2.77. The van der Waals surface area contributed by atoms with Crippen molar-refractivity contribution >= 4 is 21.5 Å². The molecule has 2 aromatic carbocycles. The highest BCUT2D eigenvalue weighted by molar-refractivity contribution is 7.91. The average molecular weight is 452 g/mol. The van der Waals surface area contributed by atoms with E-state index >= 15 is 0 Å². The van der Waals surface area contributed by atoms with Gasteiger partial charge in [0.05, 0.1) is 16.3 Å². The third kappa shape index (κ3) is 4.09. The Bertz CT molecular complexity index is 1160. The van der Waals surface area contributed by atoms with E-state index in [4.69, 9.17) is 0 Å². The van der Waals surface area contributed by atoms with E-state index in [-0.39, 0.29) is 52.7 Å². The molecule has 2 aromatic rings. The summed E-state index contributed by atoms with van der Waals surface area (Å²) in [4.78, 5) is 28.0. The molecule has 1 amide bonds. The summed E-state index contributed by atoms with van der Waals surface area (Å²) in [6.07, 6.45) is -3.94. The van der Waals surface area contributed by atoms with Crippen LogP contribution >= 0.6 is 0 Å². The topological polar surface area (TPSA) is 74.8 Å². The van der Waals surface area contributed by atoms with Crippen molar-refractivity contribution in [3.05, 3.63) is 59.2 Å². The molecule has 0 atom stereocenters. The number of halogens is 3. The molecule has 4 rings (SSSR count). The second kappa shape index (κ2) is 7.76. The Balaban J connectivity index is 1.60. The van der Waals surface area contributed by atoms with Gasteiger partial charge in [-0.15, -0.1) is 0 Å². The van der Waals surface area contributed by atoms with Crippen LogP contribution in [0.15, 0.2) is 52.3 Å². The Morgan fingerprint density at radius 1 is 0.935 bits per heavy atom. The van der Waals surface area contributed by atoms with E-state index in [1.165, 1.54) is 46.2 Å². The molecule has 2 aliphatic rings. The fraction of sp³-hybridized carbons (Fsp3) is 0.333. The number of benzene rings is 2. The summed E-state index contributed by atoms with van der Waals surface area (Å²) in [5.41, 5.74) is 0.174. The van der Waals surface area contributed by atoms with Crippen molar-refractivity contribution in [2.45, 2.75) is 22.4 Å². The molecule has 0 unspecified atom stereocenters. The van der Waals surface area contributed by atoms with Gasteiger partial charge in [0, 0.05) is 42.9 Å². The summed E-state index contributed by atoms with van der Waals surface area (Å²) < 4.78 is 64.0. The predicted molar refractivity (Wildman–Crippen MR) is 105 cm³/mol. The number of hydrogen-bond donors (Lipinski definition) is 0. The van der Waals surface area contributed by atoms with Gasteiger partial charge >= 0.3 is 6.18 Å². The van der Waals surface area contributed by atoms with Crippen LogP contribution in [0.5, 0.6) is 0 Å². The lowest BCUT2D eigenvalue weighted by atomic mass is 10.0. The number of ketones is 1. The van der Waals surface area contributed by atoms with Crippen molar-refractivity contribution in [3.63, 3.8) is 0 Å². The minimum atomic E-state index is -4.31. The number of carbonyl (C=O) groups excluding carboxylic acids is 2. The second-order valence-electron chi connectivity index (χ2n) is 7.58. The van der Waals surface area contributed by atoms with Gasteiger partial charge in [0.25, 0.3) is 5.91 Å². The molecule has 2 heterocycles. The van der Waals surface area contributed by atoms with Crippen molar-refractivity contribution in [2.75, 3.05) is 32.7 Å². The lowest BCUT2D eigenvalue weighted by molar-refractivity contribution is -0.145. The van der Waals surface area contributed by atoms with Gasteiger partial charge in [-0.2, -0.15) is 13.2 Å². The van der Waals surface area contributed by atoms with Crippen molar-refractivity contribution < 1.29 is 31.2 Å². The largest absolute Gasteiger partial charge is 0.401 e. The molecule has 0 bridgehead atoms. The molecule has 1 saturated heterocycles. The van der Waals surface area contributed by atoms with Crippen LogP contribution in [-0.4, -0.2) is 68.8 Å². The maximum absolute atomic E-state index is 13.0. The number of hydrogen-bond acceptors (Lipinski definition) is 5. The number of rotatable bonds is 2. The van der Waals surface area contributed by atoms with Gasteiger partial charge in [-0.3, -0.25) is 14.5 Å². The standard InChI is InChI=1S/C21H19F3N2O4S/c22-21(23,24)13-25-8-3-9-26(11-10-25)20(28)14-6-7-16-18(12-14)31(29,30)17-5-2-1-4-15(17)19(16)27/h1-2,4-7,12H,3,8-11,13H2. The number of alkyl halides is 3. The minimum absolute atomic E-state index is 0.00229. The summed E-state index contributed by atoms with van der Waals surface area (Å²) >= 11 is 0. The van der Waals surface area contributed by atoms with Crippen molar-refractivity contribution in [2.24, 2.45) is 0 Å². The van der Waals surface area contributed by atoms with E-state index in [0.717, 1.165) is 0 Å². The van der Waals surface area contributed by atoms with Crippen LogP contribution in [-0.2, 0) is 9.84 Å². The molecule has 6 nitrogen and oxygen atoms in total. The molecule has 10 heteroatoms. The third-order valence-corrected chi connectivity index (χ3v) is 7.31. The zero-order valence-corrected chi connectivity index (χ0v) is 17.2. The van der Waals surface area contributed by atoms with Gasteiger partial charge < -0.3 is 4.90 Å². The fourth-order valence-corrected chi connectivity index (χ4v) is 5.66. The number of amides is 1. The molecule has 164 valence electrons. The zero-order chi connectivity index (χ0) is 22.4. The highest BCUT2D eigenvalue weighted by atomic mass is 32.2. The Kier molecular flexibility index (Phi) is 5.38. The molecule has 31 heavy (non-hydrogen) atoms. The average Bonchev–Trinajstić information content (AvgIpc) is 2.95. The smallest absolute Gasteiger partial charge is 0.337 e. The summed E-state index contributed by atoms with van der Waals surface area (Å²) in [6.45, 7) is -0.388. The van der Waals surface area contributed by atoms with Crippen LogP contribution < -0.4 is 0 Å². The Morgan fingerprint density at radius 3 is 2.39 bits per heavy atom. The van der Waals surface area contributed by atoms with Crippen LogP contribution in [0.25, 0.3) is 0 Å². The number of carbonyl (C=O) groups is 2. The Hall–Kier alpha value is -2.72. The van der Waals surface area contributed by atoms with Gasteiger partial charge in [-0.1, -0.05) is 12.1 Å². The monoisotopic (exact) mass is 452 g/mol. The highest BCUT2D eigenvalue weighted by Crippen LogP contribution is 2.35. The maximum Gasteiger partial charge on any atom is 0.401 e. The lowest BCUT2D eigenvalue weighted by Crippen LogP contribution is -2.38. The van der Waals surface area contributed by atoms with Crippen molar-refractivity contribution in [1.82, 2.24) is 9.80 Å². The first-order valence-electron chi connectivity index (χ1n) is 9.69. The van der Waals surface area contributed by atoms with Crippen molar-refractivity contribution in [3.8, 4) is 0 Å². The SMILES string of the molecule is O=C1c2ccccc2S(=O)(=O)c2cc(C(=O)N3CCCN(CC(F)(F)F)CC3)ccc21. The number of sulfone groups is 1. The molecule has 0 spiro atoms. The van der Waals surface area contributed by atoms with Crippen molar-refractivity contribution in [1.29, 1.82) is 0 Å². The van der Waals surface area contributed by atoms with Gasteiger partial charge in [0.1, 0.15) is 0 Å². The summed E-state index contributed by atoms with van der Waals surface area (Å²) in [5.74, 6) is -0.907. The summed E-state index contributed by atoms with van der Waals surface area (Å²) in [5, 5.41) is 0. The molecule has 0 saturated carbocycles. The maximum atomic E-state index is 13.0. The van der Waals surface area contributed by atoms with Gasteiger partial charge in [0.2, 0.25) is 9.84 Å². The first-order valence-corrected chi connectivity index (χ1v) is 11.2. The van der Waals surface area contributed by atoms with E-state index in [2.05, 4.69) is 0 Å². The Morgan fingerprint density at radius 2 is 1.65 bits per heavy atom. The van der Waals surface area contributed by atoms with E-state index in [0.29, 0.717) is 6.42 Å². The molecule has 0 aromatic heterocycles. The molecule has 0 N–H and O–H groups in total. The fourth-order valence-electron chi connectivity index (χ4n) is 3.99. The molecule has 0 radical (unpaired) electrons. The summed E-state index contributed by atoms with van der Waals surface area (Å²) in [6, 6.07) is 9.81. The lowest BCUT2D eigenvalue weighted by Gasteiger charge is -2.24. The van der Waals surface area contributed by atoms with Crippen LogP contribution in [0, 0.1) is 0 Å². The van der Waals surface area contributed by atoms with Crippen LogP contribution in [0.4, 0.5) is 13.2 Å². The van der Waals surface area contributed by atoms with Crippen LogP contribution in [0.2, 0.25) is 0 Å². The van der Waals surface area contributed by atoms with E-state index in [9.17, 15) is 31.2 Å². The molecule has 1 fully saturated rings. The van der Waals surface area contributed by atoms with E-state index in [1.807, 2.05) is 0 Å². The first kappa shape index (κ1) is 21.5. The van der Waals surface area contributed by atoms with E-state index < -0.39 is 34.2 Å². The van der Waals surface area contributed by atoms with E-state index in [1.54, 1.807) is 6.07 Å². The zero-order valence-electron chi connectivity index (χ0n) is 16.4. The van der Waals surface area contributed by atoms with Gasteiger partial charge in [0.15, 0.2) is 5.78 Å². The third-order valence-electron chi connectivity index (χ3n) is 5.46. The van der Waals surface area contributed by atoms with Gasteiger partial charge in [-0.05, 0) is 36.8 Å². The molecular formula is C21H19F3N2O4S. The molecular weight excluding hydrogens is 433 g/mol. The normalized spacial score (nSPS) is 18.8. The highest BCUT2D eigenvalue weighted by Gasteiger charge is 2.36. The number of nitrogens with zero attached hydrogens (tertiary/aromatic N) is 2. The Labute approximate surface area is 177 Å². The second-order valence-corrected chi connectivity index (χ2v) is 9.46. The minimum Gasteiger partial charge on any atom is -0.337 e. The molecule has 2 aliphatic heterocycles. The quantitative estimate of drug-likeness (QED) is 0.598.